The van der Waals surface area contributed by atoms with Crippen LogP contribution in [-0.4, -0.2) is 31.6 Å². The summed E-state index contributed by atoms with van der Waals surface area (Å²) in [6, 6.07) is 15.1. The van der Waals surface area contributed by atoms with E-state index in [9.17, 15) is 4.79 Å². The van der Waals surface area contributed by atoms with Crippen LogP contribution in [-0.2, 0) is 0 Å². The number of rotatable bonds is 5. The second kappa shape index (κ2) is 7.88. The van der Waals surface area contributed by atoms with Crippen LogP contribution in [0.2, 0.25) is 0 Å². The van der Waals surface area contributed by atoms with Gasteiger partial charge in [-0.25, -0.2) is 4.79 Å². The Hall–Kier alpha value is -2.20. The molecule has 2 rings (SSSR count). The molecule has 1 N–H and O–H groups in total. The van der Waals surface area contributed by atoms with Crippen LogP contribution in [0, 0.1) is 6.92 Å². The van der Waals surface area contributed by atoms with Gasteiger partial charge in [0, 0.05) is 25.8 Å². The normalized spacial score (nSPS) is 11.7. The lowest BCUT2D eigenvalue weighted by Gasteiger charge is -2.14. The molecule has 2 amide bonds. The Morgan fingerprint density at radius 3 is 2.57 bits per heavy atom. The SMILES string of the molecule is Cc1ccc(C(Cl)COc2cccc(NC(=O)N(C)C)c2)cc1. The van der Waals surface area contributed by atoms with E-state index in [2.05, 4.69) is 5.32 Å². The van der Waals surface area contributed by atoms with Crippen LogP contribution in [0.5, 0.6) is 5.75 Å². The zero-order chi connectivity index (χ0) is 16.8. The van der Waals surface area contributed by atoms with Gasteiger partial charge in [0.2, 0.25) is 0 Å². The van der Waals surface area contributed by atoms with Gasteiger partial charge < -0.3 is 15.0 Å². The molecule has 0 bridgehead atoms. The second-order valence-electron chi connectivity index (χ2n) is 5.54. The van der Waals surface area contributed by atoms with E-state index >= 15 is 0 Å². The summed E-state index contributed by atoms with van der Waals surface area (Å²) in [6.45, 7) is 2.40. The lowest BCUT2D eigenvalue weighted by molar-refractivity contribution is 0.230. The number of anilines is 1. The minimum atomic E-state index is -0.226. The van der Waals surface area contributed by atoms with Crippen molar-refractivity contribution in [3.8, 4) is 5.75 Å². The molecule has 1 unspecified atom stereocenters. The van der Waals surface area contributed by atoms with Gasteiger partial charge in [-0.1, -0.05) is 35.9 Å². The van der Waals surface area contributed by atoms with Crippen molar-refractivity contribution in [3.63, 3.8) is 0 Å². The highest BCUT2D eigenvalue weighted by molar-refractivity contribution is 6.20. The fraction of sp³-hybridized carbons (Fsp3) is 0.278. The summed E-state index contributed by atoms with van der Waals surface area (Å²) in [7, 11) is 3.38. The van der Waals surface area contributed by atoms with Crippen molar-refractivity contribution >= 4 is 23.3 Å². The highest BCUT2D eigenvalue weighted by Crippen LogP contribution is 2.24. The van der Waals surface area contributed by atoms with Gasteiger partial charge >= 0.3 is 6.03 Å². The molecular weight excluding hydrogens is 312 g/mol. The van der Waals surface area contributed by atoms with E-state index in [1.165, 1.54) is 10.5 Å². The van der Waals surface area contributed by atoms with E-state index in [0.717, 1.165) is 5.56 Å². The Kier molecular flexibility index (Phi) is 5.88. The Morgan fingerprint density at radius 2 is 1.91 bits per heavy atom. The smallest absolute Gasteiger partial charge is 0.321 e. The molecular formula is C18H21ClN2O2. The Morgan fingerprint density at radius 1 is 1.22 bits per heavy atom. The quantitative estimate of drug-likeness (QED) is 0.822. The molecule has 5 heteroatoms. The molecule has 0 radical (unpaired) electrons. The monoisotopic (exact) mass is 332 g/mol. The number of benzene rings is 2. The molecule has 0 saturated heterocycles. The average Bonchev–Trinajstić information content (AvgIpc) is 2.53. The molecule has 0 aliphatic carbocycles. The molecule has 2 aromatic carbocycles. The van der Waals surface area contributed by atoms with Crippen molar-refractivity contribution in [3.05, 3.63) is 59.7 Å². The first-order valence-corrected chi connectivity index (χ1v) is 7.81. The summed E-state index contributed by atoms with van der Waals surface area (Å²) in [4.78, 5) is 13.1. The summed E-state index contributed by atoms with van der Waals surface area (Å²) >= 11 is 6.37. The zero-order valence-corrected chi connectivity index (χ0v) is 14.3. The molecule has 23 heavy (non-hydrogen) atoms. The fourth-order valence-corrected chi connectivity index (χ4v) is 2.15. The van der Waals surface area contributed by atoms with Crippen LogP contribution in [0.4, 0.5) is 10.5 Å². The highest BCUT2D eigenvalue weighted by atomic mass is 35.5. The van der Waals surface area contributed by atoms with Gasteiger partial charge in [0.25, 0.3) is 0 Å². The maximum absolute atomic E-state index is 11.7. The third kappa shape index (κ3) is 5.18. The summed E-state index contributed by atoms with van der Waals surface area (Å²) in [5.41, 5.74) is 2.90. The predicted molar refractivity (Wildman–Crippen MR) is 94.4 cm³/mol. The summed E-state index contributed by atoms with van der Waals surface area (Å²) in [5.74, 6) is 0.666. The lowest BCUT2D eigenvalue weighted by Crippen LogP contribution is -2.27. The number of halogens is 1. The first-order chi connectivity index (χ1) is 11.0. The molecule has 0 aliphatic heterocycles. The first-order valence-electron chi connectivity index (χ1n) is 7.37. The topological polar surface area (TPSA) is 41.6 Å². The van der Waals surface area contributed by atoms with Gasteiger partial charge in [-0.3, -0.25) is 0 Å². The van der Waals surface area contributed by atoms with Crippen molar-refractivity contribution in [1.82, 2.24) is 4.90 Å². The van der Waals surface area contributed by atoms with Crippen LogP contribution >= 0.6 is 11.6 Å². The number of carbonyl (C=O) groups is 1. The number of hydrogen-bond acceptors (Lipinski definition) is 2. The maximum Gasteiger partial charge on any atom is 0.321 e. The zero-order valence-electron chi connectivity index (χ0n) is 13.5. The van der Waals surface area contributed by atoms with E-state index in [0.29, 0.717) is 18.0 Å². The molecule has 0 heterocycles. The third-order valence-electron chi connectivity index (χ3n) is 3.33. The number of carbonyl (C=O) groups excluding carboxylic acids is 1. The molecule has 122 valence electrons. The van der Waals surface area contributed by atoms with Gasteiger partial charge in [-0.05, 0) is 24.6 Å². The molecule has 0 spiro atoms. The van der Waals surface area contributed by atoms with Crippen LogP contribution in [0.25, 0.3) is 0 Å². The number of amides is 2. The van der Waals surface area contributed by atoms with E-state index in [-0.39, 0.29) is 11.4 Å². The van der Waals surface area contributed by atoms with Gasteiger partial charge in [0.05, 0.1) is 5.38 Å². The average molecular weight is 333 g/mol. The fourth-order valence-electron chi connectivity index (χ4n) is 1.94. The summed E-state index contributed by atoms with van der Waals surface area (Å²) < 4.78 is 5.74. The first kappa shape index (κ1) is 17.2. The Labute approximate surface area is 142 Å². The van der Waals surface area contributed by atoms with Gasteiger partial charge in [-0.2, -0.15) is 0 Å². The molecule has 4 nitrogen and oxygen atoms in total. The number of hydrogen-bond donors (Lipinski definition) is 1. The molecule has 0 fully saturated rings. The highest BCUT2D eigenvalue weighted by Gasteiger charge is 2.09. The molecule has 0 aromatic heterocycles. The number of ether oxygens (including phenoxy) is 1. The second-order valence-corrected chi connectivity index (χ2v) is 6.07. The predicted octanol–water partition coefficient (Wildman–Crippen LogP) is 4.45. The minimum absolute atomic E-state index is 0.183. The van der Waals surface area contributed by atoms with Crippen LogP contribution < -0.4 is 10.1 Å². The summed E-state index contributed by atoms with van der Waals surface area (Å²) in [5, 5.41) is 2.56. The molecule has 0 aliphatic rings. The van der Waals surface area contributed by atoms with Crippen LogP contribution in [0.3, 0.4) is 0 Å². The number of nitrogens with zero attached hydrogens (tertiary/aromatic N) is 1. The van der Waals surface area contributed by atoms with Crippen molar-refractivity contribution in [2.75, 3.05) is 26.0 Å². The lowest BCUT2D eigenvalue weighted by atomic mass is 10.1. The van der Waals surface area contributed by atoms with Crippen LogP contribution in [0.1, 0.15) is 16.5 Å². The van der Waals surface area contributed by atoms with E-state index < -0.39 is 0 Å². The van der Waals surface area contributed by atoms with Crippen molar-refractivity contribution < 1.29 is 9.53 Å². The van der Waals surface area contributed by atoms with Crippen molar-refractivity contribution in [1.29, 1.82) is 0 Å². The molecule has 1 atom stereocenters. The molecule has 0 saturated carbocycles. The number of urea groups is 1. The number of aryl methyl sites for hydroxylation is 1. The largest absolute Gasteiger partial charge is 0.492 e. The maximum atomic E-state index is 11.7. The Bertz CT molecular complexity index is 656. The van der Waals surface area contributed by atoms with Crippen molar-refractivity contribution in [2.24, 2.45) is 0 Å². The number of nitrogens with one attached hydrogen (secondary N) is 1. The number of alkyl halides is 1. The van der Waals surface area contributed by atoms with Crippen LogP contribution in [0.15, 0.2) is 48.5 Å². The third-order valence-corrected chi connectivity index (χ3v) is 3.70. The van der Waals surface area contributed by atoms with Gasteiger partial charge in [0.15, 0.2) is 0 Å². The summed E-state index contributed by atoms with van der Waals surface area (Å²) in [6.07, 6.45) is 0. The van der Waals surface area contributed by atoms with E-state index in [1.54, 1.807) is 20.2 Å². The van der Waals surface area contributed by atoms with Crippen molar-refractivity contribution in [2.45, 2.75) is 12.3 Å². The van der Waals surface area contributed by atoms with Gasteiger partial charge in [0.1, 0.15) is 12.4 Å². The standard InChI is InChI=1S/C18H21ClN2O2/c1-13-7-9-14(10-8-13)17(19)12-23-16-6-4-5-15(11-16)20-18(22)21(2)3/h4-11,17H,12H2,1-3H3,(H,20,22). The Balaban J connectivity index is 1.95. The minimum Gasteiger partial charge on any atom is -0.492 e. The molecule has 2 aromatic rings. The van der Waals surface area contributed by atoms with E-state index in [1.807, 2.05) is 49.4 Å². The van der Waals surface area contributed by atoms with E-state index in [4.69, 9.17) is 16.3 Å². The van der Waals surface area contributed by atoms with Gasteiger partial charge in [-0.15, -0.1) is 11.6 Å².